The highest BCUT2D eigenvalue weighted by atomic mass is 32.2. The molecule has 0 radical (unpaired) electrons. The van der Waals surface area contributed by atoms with E-state index >= 15 is 0 Å². The molecular formula is C27H33N7O4S. The van der Waals surface area contributed by atoms with E-state index in [2.05, 4.69) is 20.0 Å². The second kappa shape index (κ2) is 11.2. The Kier molecular flexibility index (Phi) is 7.78. The molecule has 206 valence electrons. The highest BCUT2D eigenvalue weighted by Gasteiger charge is 2.29. The van der Waals surface area contributed by atoms with E-state index in [0.29, 0.717) is 73.8 Å². The number of hydrogen-bond acceptors (Lipinski definition) is 8. The van der Waals surface area contributed by atoms with Crippen LogP contribution in [0.15, 0.2) is 52.3 Å². The molecule has 1 saturated heterocycles. The van der Waals surface area contributed by atoms with Crippen LogP contribution in [0.1, 0.15) is 31.7 Å². The topological polar surface area (TPSA) is 126 Å². The van der Waals surface area contributed by atoms with E-state index in [9.17, 15) is 13.2 Å². The summed E-state index contributed by atoms with van der Waals surface area (Å²) in [6, 6.07) is 10.3. The zero-order valence-corrected chi connectivity index (χ0v) is 23.2. The smallest absolute Gasteiger partial charge is 0.277 e. The van der Waals surface area contributed by atoms with Gasteiger partial charge < -0.3 is 14.6 Å². The van der Waals surface area contributed by atoms with Crippen molar-refractivity contribution >= 4 is 21.1 Å². The van der Waals surface area contributed by atoms with E-state index in [4.69, 9.17) is 9.72 Å². The van der Waals surface area contributed by atoms with Gasteiger partial charge in [0.15, 0.2) is 5.52 Å². The minimum Gasteiger partial charge on any atom is -0.493 e. The number of benzene rings is 1. The first-order chi connectivity index (χ1) is 18.8. The number of likely N-dealkylation sites (N-methyl/N-ethyl adjacent to an activating group) is 1. The van der Waals surface area contributed by atoms with E-state index < -0.39 is 10.0 Å². The average Bonchev–Trinajstić information content (AvgIpc) is 3.30. The SMILES string of the molecule is CCCOc1ccc(S(=O)(=O)N2CCN(C)CC2)cc1-c1nc2c(CC)nn(Cc3ccccn3)c2c(=O)[nH]1. The Balaban J connectivity index is 1.61. The van der Waals surface area contributed by atoms with Gasteiger partial charge in [-0.1, -0.05) is 19.9 Å². The molecule has 12 heteroatoms. The lowest BCUT2D eigenvalue weighted by molar-refractivity contribution is 0.222. The highest BCUT2D eigenvalue weighted by Crippen LogP contribution is 2.32. The first-order valence-electron chi connectivity index (χ1n) is 13.2. The summed E-state index contributed by atoms with van der Waals surface area (Å²) in [5.74, 6) is 0.691. The predicted octanol–water partition coefficient (Wildman–Crippen LogP) is 2.52. The first kappa shape index (κ1) is 27.0. The van der Waals surface area contributed by atoms with Crippen molar-refractivity contribution in [2.75, 3.05) is 39.8 Å². The number of hydrogen-bond donors (Lipinski definition) is 1. The number of aromatic nitrogens is 5. The van der Waals surface area contributed by atoms with Crippen LogP contribution in [0.4, 0.5) is 0 Å². The average molecular weight is 552 g/mol. The van der Waals surface area contributed by atoms with Gasteiger partial charge in [-0.2, -0.15) is 9.40 Å². The quantitative estimate of drug-likeness (QED) is 0.336. The van der Waals surface area contributed by atoms with Gasteiger partial charge in [0, 0.05) is 32.4 Å². The Hall–Kier alpha value is -3.61. The van der Waals surface area contributed by atoms with Gasteiger partial charge in [0.25, 0.3) is 5.56 Å². The lowest BCUT2D eigenvalue weighted by atomic mass is 10.1. The summed E-state index contributed by atoms with van der Waals surface area (Å²) in [5, 5.41) is 4.65. The Bertz CT molecular complexity index is 1630. The summed E-state index contributed by atoms with van der Waals surface area (Å²) in [5.41, 5.74) is 2.30. The molecule has 0 unspecified atom stereocenters. The van der Waals surface area contributed by atoms with Crippen molar-refractivity contribution in [3.63, 3.8) is 0 Å². The van der Waals surface area contributed by atoms with Gasteiger partial charge in [0.1, 0.15) is 17.1 Å². The standard InChI is InChI=1S/C27H33N7O4S/c1-4-16-38-23-10-9-20(39(36,37)33-14-12-32(3)13-15-33)17-21(23)26-29-24-22(5-2)31-34(25(24)27(35)30-26)18-19-8-6-7-11-28-19/h6-11,17H,4-5,12-16,18H2,1-3H3,(H,29,30,35). The summed E-state index contributed by atoms with van der Waals surface area (Å²) in [4.78, 5) is 27.7. The summed E-state index contributed by atoms with van der Waals surface area (Å²) in [6.07, 6.45) is 3.03. The highest BCUT2D eigenvalue weighted by molar-refractivity contribution is 7.89. The van der Waals surface area contributed by atoms with Gasteiger partial charge >= 0.3 is 0 Å². The molecule has 4 aromatic rings. The first-order valence-corrected chi connectivity index (χ1v) is 14.6. The molecule has 11 nitrogen and oxygen atoms in total. The number of aromatic amines is 1. The van der Waals surface area contributed by atoms with Crippen LogP contribution >= 0.6 is 0 Å². The molecule has 0 bridgehead atoms. The van der Waals surface area contributed by atoms with E-state index in [0.717, 1.165) is 12.1 Å². The van der Waals surface area contributed by atoms with Crippen molar-refractivity contribution in [2.24, 2.45) is 0 Å². The molecule has 0 saturated carbocycles. The van der Waals surface area contributed by atoms with Crippen LogP contribution in [0.2, 0.25) is 0 Å². The van der Waals surface area contributed by atoms with Crippen molar-refractivity contribution in [3.8, 4) is 17.1 Å². The van der Waals surface area contributed by atoms with Crippen LogP contribution in [0.25, 0.3) is 22.4 Å². The van der Waals surface area contributed by atoms with E-state index in [1.54, 1.807) is 29.1 Å². The number of sulfonamides is 1. The van der Waals surface area contributed by atoms with Crippen molar-refractivity contribution in [1.82, 2.24) is 33.9 Å². The fraction of sp³-hybridized carbons (Fsp3) is 0.407. The number of pyridine rings is 1. The molecule has 0 amide bonds. The number of nitrogens with one attached hydrogen (secondary N) is 1. The van der Waals surface area contributed by atoms with Crippen molar-refractivity contribution < 1.29 is 13.2 Å². The molecule has 1 aliphatic heterocycles. The number of aryl methyl sites for hydroxylation is 1. The van der Waals surface area contributed by atoms with Crippen LogP contribution in [0, 0.1) is 0 Å². The minimum absolute atomic E-state index is 0.134. The molecule has 1 aliphatic rings. The molecule has 0 aliphatic carbocycles. The number of nitrogens with zero attached hydrogens (tertiary/aromatic N) is 6. The molecular weight excluding hydrogens is 518 g/mol. The number of fused-ring (bicyclic) bond motifs is 1. The maximum Gasteiger partial charge on any atom is 0.277 e. The lowest BCUT2D eigenvalue weighted by Gasteiger charge is -2.31. The summed E-state index contributed by atoms with van der Waals surface area (Å²) in [7, 11) is -1.77. The normalized spacial score (nSPS) is 15.2. The second-order valence-electron chi connectivity index (χ2n) is 9.60. The Morgan fingerprint density at radius 1 is 1.08 bits per heavy atom. The molecule has 39 heavy (non-hydrogen) atoms. The predicted molar refractivity (Wildman–Crippen MR) is 148 cm³/mol. The molecule has 1 fully saturated rings. The fourth-order valence-corrected chi connectivity index (χ4v) is 6.09. The molecule has 3 aromatic heterocycles. The number of piperazine rings is 1. The van der Waals surface area contributed by atoms with Crippen LogP contribution in [-0.4, -0.2) is 82.2 Å². The molecule has 5 rings (SSSR count). The molecule has 1 N–H and O–H groups in total. The maximum atomic E-state index is 13.5. The number of ether oxygens (including phenoxy) is 1. The Morgan fingerprint density at radius 3 is 2.56 bits per heavy atom. The minimum atomic E-state index is -3.74. The molecule has 0 spiro atoms. The largest absolute Gasteiger partial charge is 0.493 e. The van der Waals surface area contributed by atoms with Crippen LogP contribution < -0.4 is 10.3 Å². The van der Waals surface area contributed by atoms with Gasteiger partial charge in [-0.05, 0) is 50.2 Å². The maximum absolute atomic E-state index is 13.5. The van der Waals surface area contributed by atoms with Crippen LogP contribution in [0.3, 0.4) is 0 Å². The van der Waals surface area contributed by atoms with Crippen LogP contribution in [-0.2, 0) is 23.0 Å². The van der Waals surface area contributed by atoms with Crippen molar-refractivity contribution in [3.05, 3.63) is 64.3 Å². The molecule has 4 heterocycles. The Morgan fingerprint density at radius 2 is 1.87 bits per heavy atom. The van der Waals surface area contributed by atoms with E-state index in [1.807, 2.05) is 39.1 Å². The van der Waals surface area contributed by atoms with Crippen LogP contribution in [0.5, 0.6) is 5.75 Å². The fourth-order valence-electron chi connectivity index (χ4n) is 4.65. The molecule has 0 atom stereocenters. The third-order valence-electron chi connectivity index (χ3n) is 6.81. The summed E-state index contributed by atoms with van der Waals surface area (Å²) < 4.78 is 36.1. The third-order valence-corrected chi connectivity index (χ3v) is 8.70. The zero-order valence-electron chi connectivity index (χ0n) is 22.4. The van der Waals surface area contributed by atoms with E-state index in [-0.39, 0.29) is 16.3 Å². The third kappa shape index (κ3) is 5.45. The van der Waals surface area contributed by atoms with Gasteiger partial charge in [-0.3, -0.25) is 14.5 Å². The summed E-state index contributed by atoms with van der Waals surface area (Å²) in [6.45, 7) is 6.86. The number of rotatable bonds is 9. The second-order valence-corrected chi connectivity index (χ2v) is 11.5. The van der Waals surface area contributed by atoms with E-state index in [1.165, 1.54) is 4.31 Å². The van der Waals surface area contributed by atoms with Gasteiger partial charge in [0.2, 0.25) is 10.0 Å². The lowest BCUT2D eigenvalue weighted by Crippen LogP contribution is -2.47. The van der Waals surface area contributed by atoms with Crippen molar-refractivity contribution in [2.45, 2.75) is 38.1 Å². The van der Waals surface area contributed by atoms with Crippen molar-refractivity contribution in [1.29, 1.82) is 0 Å². The summed E-state index contributed by atoms with van der Waals surface area (Å²) >= 11 is 0. The van der Waals surface area contributed by atoms with Gasteiger partial charge in [-0.25, -0.2) is 13.4 Å². The van der Waals surface area contributed by atoms with Gasteiger partial charge in [0.05, 0.1) is 35.0 Å². The monoisotopic (exact) mass is 551 g/mol. The number of H-pyrrole nitrogens is 1. The van der Waals surface area contributed by atoms with Gasteiger partial charge in [-0.15, -0.1) is 0 Å². The molecule has 1 aromatic carbocycles. The zero-order chi connectivity index (χ0) is 27.6. The Labute approximate surface area is 227 Å².